The second-order valence-electron chi connectivity index (χ2n) is 4.34. The highest BCUT2D eigenvalue weighted by Gasteiger charge is 2.15. The zero-order valence-electron chi connectivity index (χ0n) is 11.0. The van der Waals surface area contributed by atoms with Gasteiger partial charge in [-0.05, 0) is 31.9 Å². The molecule has 1 aromatic heterocycles. The average molecular weight is 235 g/mol. The van der Waals surface area contributed by atoms with Crippen molar-refractivity contribution in [1.29, 1.82) is 0 Å². The first kappa shape index (κ1) is 13.5. The van der Waals surface area contributed by atoms with Crippen LogP contribution < -0.4 is 5.73 Å². The van der Waals surface area contributed by atoms with E-state index in [1.807, 2.05) is 33.8 Å². The molecular formula is C13H21N3O. The van der Waals surface area contributed by atoms with Crippen molar-refractivity contribution in [2.45, 2.75) is 33.6 Å². The van der Waals surface area contributed by atoms with Gasteiger partial charge in [-0.1, -0.05) is 13.8 Å². The van der Waals surface area contributed by atoms with Gasteiger partial charge in [0.15, 0.2) is 0 Å². The van der Waals surface area contributed by atoms with Gasteiger partial charge in [0.25, 0.3) is 5.91 Å². The summed E-state index contributed by atoms with van der Waals surface area (Å²) in [5.41, 5.74) is 7.23. The Balaban J connectivity index is 3.09. The van der Waals surface area contributed by atoms with Crippen molar-refractivity contribution in [2.75, 3.05) is 18.8 Å². The van der Waals surface area contributed by atoms with Crippen LogP contribution in [0.3, 0.4) is 0 Å². The summed E-state index contributed by atoms with van der Waals surface area (Å²) in [6, 6.07) is 3.48. The largest absolute Gasteiger partial charge is 0.384 e. The molecule has 0 saturated heterocycles. The van der Waals surface area contributed by atoms with Crippen molar-refractivity contribution in [3.8, 4) is 0 Å². The normalized spacial score (nSPS) is 10.6. The van der Waals surface area contributed by atoms with E-state index in [2.05, 4.69) is 4.98 Å². The zero-order chi connectivity index (χ0) is 13.0. The van der Waals surface area contributed by atoms with Gasteiger partial charge >= 0.3 is 0 Å². The Bertz CT molecular complexity index is 398. The summed E-state index contributed by atoms with van der Waals surface area (Å²) in [4.78, 5) is 18.2. The van der Waals surface area contributed by atoms with Crippen molar-refractivity contribution in [3.63, 3.8) is 0 Å². The number of nitrogens with zero attached hydrogens (tertiary/aromatic N) is 2. The van der Waals surface area contributed by atoms with E-state index in [1.165, 1.54) is 0 Å². The van der Waals surface area contributed by atoms with Crippen molar-refractivity contribution >= 4 is 11.7 Å². The molecule has 94 valence electrons. The lowest BCUT2D eigenvalue weighted by Gasteiger charge is -2.19. The molecule has 17 heavy (non-hydrogen) atoms. The Morgan fingerprint density at radius 1 is 1.35 bits per heavy atom. The summed E-state index contributed by atoms with van der Waals surface area (Å²) in [7, 11) is 0. The minimum absolute atomic E-state index is 0.0194. The predicted molar refractivity (Wildman–Crippen MR) is 70.0 cm³/mol. The summed E-state index contributed by atoms with van der Waals surface area (Å²) in [6.07, 6.45) is 0. The first-order valence-corrected chi connectivity index (χ1v) is 6.06. The Morgan fingerprint density at radius 2 is 1.94 bits per heavy atom. The van der Waals surface area contributed by atoms with Crippen LogP contribution in [0.1, 0.15) is 49.7 Å². The van der Waals surface area contributed by atoms with Gasteiger partial charge in [-0.2, -0.15) is 0 Å². The van der Waals surface area contributed by atoms with Crippen molar-refractivity contribution < 1.29 is 4.79 Å². The summed E-state index contributed by atoms with van der Waals surface area (Å²) in [5.74, 6) is 0.694. The van der Waals surface area contributed by atoms with E-state index in [4.69, 9.17) is 5.73 Å². The predicted octanol–water partition coefficient (Wildman–Crippen LogP) is 2.27. The van der Waals surface area contributed by atoms with Gasteiger partial charge in [0.1, 0.15) is 5.82 Å². The maximum atomic E-state index is 12.2. The van der Waals surface area contributed by atoms with E-state index in [9.17, 15) is 4.79 Å². The Kier molecular flexibility index (Phi) is 4.49. The van der Waals surface area contributed by atoms with Crippen molar-refractivity contribution in [3.05, 3.63) is 23.4 Å². The summed E-state index contributed by atoms with van der Waals surface area (Å²) in [5, 5.41) is 0. The molecule has 4 nitrogen and oxygen atoms in total. The topological polar surface area (TPSA) is 59.2 Å². The third-order valence-electron chi connectivity index (χ3n) is 2.75. The van der Waals surface area contributed by atoms with E-state index < -0.39 is 0 Å². The molecule has 1 rings (SSSR count). The first-order valence-electron chi connectivity index (χ1n) is 6.06. The number of carbonyl (C=O) groups is 1. The molecule has 0 aliphatic heterocycles. The minimum atomic E-state index is 0.0194. The van der Waals surface area contributed by atoms with Crippen LogP contribution in [-0.2, 0) is 0 Å². The molecule has 1 aromatic rings. The van der Waals surface area contributed by atoms with E-state index in [0.717, 1.165) is 5.69 Å². The molecule has 2 N–H and O–H groups in total. The van der Waals surface area contributed by atoms with E-state index in [-0.39, 0.29) is 11.8 Å². The SMILES string of the molecule is CCN(CC)C(=O)c1cc(N)nc(C(C)C)c1. The van der Waals surface area contributed by atoms with Gasteiger partial charge in [-0.3, -0.25) is 4.79 Å². The maximum absolute atomic E-state index is 12.2. The second kappa shape index (κ2) is 5.66. The van der Waals surface area contributed by atoms with Crippen molar-refractivity contribution in [2.24, 2.45) is 0 Å². The molecule has 0 atom stereocenters. The van der Waals surface area contributed by atoms with Crippen LogP contribution in [0.15, 0.2) is 12.1 Å². The number of aromatic nitrogens is 1. The molecule has 1 amide bonds. The van der Waals surface area contributed by atoms with Gasteiger partial charge in [0.05, 0.1) is 0 Å². The number of amides is 1. The van der Waals surface area contributed by atoms with Crippen molar-refractivity contribution in [1.82, 2.24) is 9.88 Å². The fourth-order valence-electron chi connectivity index (χ4n) is 1.69. The molecule has 1 heterocycles. The molecule has 0 aliphatic rings. The molecule has 0 bridgehead atoms. The lowest BCUT2D eigenvalue weighted by atomic mass is 10.1. The highest BCUT2D eigenvalue weighted by atomic mass is 16.2. The van der Waals surface area contributed by atoms with Gasteiger partial charge in [0.2, 0.25) is 0 Å². The summed E-state index contributed by atoms with van der Waals surface area (Å²) < 4.78 is 0. The van der Waals surface area contributed by atoms with Gasteiger partial charge < -0.3 is 10.6 Å². The lowest BCUT2D eigenvalue weighted by Crippen LogP contribution is -2.30. The Hall–Kier alpha value is -1.58. The molecule has 0 fully saturated rings. The van der Waals surface area contributed by atoms with E-state index >= 15 is 0 Å². The molecule has 0 radical (unpaired) electrons. The van der Waals surface area contributed by atoms with E-state index in [1.54, 1.807) is 11.0 Å². The molecule has 0 aromatic carbocycles. The molecular weight excluding hydrogens is 214 g/mol. The molecule has 4 heteroatoms. The Labute approximate surface area is 103 Å². The van der Waals surface area contributed by atoms with Crippen LogP contribution in [0.4, 0.5) is 5.82 Å². The second-order valence-corrected chi connectivity index (χ2v) is 4.34. The summed E-state index contributed by atoms with van der Waals surface area (Å²) in [6.45, 7) is 9.41. The zero-order valence-corrected chi connectivity index (χ0v) is 11.0. The quantitative estimate of drug-likeness (QED) is 0.871. The number of pyridine rings is 1. The number of hydrogen-bond acceptors (Lipinski definition) is 3. The third kappa shape index (κ3) is 3.19. The van der Waals surface area contributed by atoms with Gasteiger partial charge in [-0.25, -0.2) is 4.98 Å². The van der Waals surface area contributed by atoms with Crippen LogP contribution >= 0.6 is 0 Å². The maximum Gasteiger partial charge on any atom is 0.254 e. The van der Waals surface area contributed by atoms with Crippen LogP contribution in [0.5, 0.6) is 0 Å². The highest BCUT2D eigenvalue weighted by Crippen LogP contribution is 2.17. The van der Waals surface area contributed by atoms with E-state index in [0.29, 0.717) is 24.5 Å². The average Bonchev–Trinajstić information content (AvgIpc) is 2.29. The third-order valence-corrected chi connectivity index (χ3v) is 2.75. The number of hydrogen-bond donors (Lipinski definition) is 1. The van der Waals surface area contributed by atoms with Crippen LogP contribution in [0.25, 0.3) is 0 Å². The van der Waals surface area contributed by atoms with Crippen LogP contribution in [0, 0.1) is 0 Å². The molecule has 0 spiro atoms. The van der Waals surface area contributed by atoms with Crippen LogP contribution in [-0.4, -0.2) is 28.9 Å². The molecule has 0 unspecified atom stereocenters. The van der Waals surface area contributed by atoms with Crippen LogP contribution in [0.2, 0.25) is 0 Å². The fraction of sp³-hybridized carbons (Fsp3) is 0.538. The lowest BCUT2D eigenvalue weighted by molar-refractivity contribution is 0.0773. The first-order chi connectivity index (χ1) is 7.99. The smallest absolute Gasteiger partial charge is 0.254 e. The Morgan fingerprint density at radius 3 is 2.41 bits per heavy atom. The standard InChI is InChI=1S/C13H21N3O/c1-5-16(6-2)13(17)10-7-11(9(3)4)15-12(14)8-10/h7-9H,5-6H2,1-4H3,(H2,14,15). The monoisotopic (exact) mass is 235 g/mol. The number of anilines is 1. The fourth-order valence-corrected chi connectivity index (χ4v) is 1.69. The van der Waals surface area contributed by atoms with Gasteiger partial charge in [0, 0.05) is 24.3 Å². The van der Waals surface area contributed by atoms with Gasteiger partial charge in [-0.15, -0.1) is 0 Å². The molecule has 0 aliphatic carbocycles. The number of rotatable bonds is 4. The number of nitrogens with two attached hydrogens (primary N) is 1. The molecule has 0 saturated carbocycles. The number of carbonyl (C=O) groups excluding carboxylic acids is 1. The highest BCUT2D eigenvalue weighted by molar-refractivity contribution is 5.95. The minimum Gasteiger partial charge on any atom is -0.384 e. The summed E-state index contributed by atoms with van der Waals surface area (Å²) >= 11 is 0. The number of nitrogen functional groups attached to an aromatic ring is 1.